The van der Waals surface area contributed by atoms with E-state index >= 15 is 0 Å². The molecule has 0 N–H and O–H groups in total. The SMILES string of the molecule is CN(C(=O)c1cc(Cl)ccc1Cl)N(C(=O)c1ccc([Si](C)(C)C)cc1)C(C)(C)C. The van der Waals surface area contributed by atoms with Crippen molar-refractivity contribution in [3.63, 3.8) is 0 Å². The first kappa shape index (κ1) is 23.5. The summed E-state index contributed by atoms with van der Waals surface area (Å²) in [5.74, 6) is -0.659. The number of nitrogens with zero attached hydrogens (tertiary/aromatic N) is 2. The molecule has 0 radical (unpaired) electrons. The van der Waals surface area contributed by atoms with Gasteiger partial charge in [0.1, 0.15) is 0 Å². The lowest BCUT2D eigenvalue weighted by molar-refractivity contribution is -0.0308. The molecule has 0 aliphatic carbocycles. The van der Waals surface area contributed by atoms with Gasteiger partial charge in [0.2, 0.25) is 0 Å². The highest BCUT2D eigenvalue weighted by Crippen LogP contribution is 2.25. The molecule has 0 spiro atoms. The molecule has 0 bridgehead atoms. The standard InChI is InChI=1S/C22H28Cl2N2O2Si/c1-22(2,3)26(20(27)15-8-11-17(12-9-15)29(5,6)7)25(4)21(28)18-14-16(23)10-13-19(18)24/h8-14H,1-7H3. The highest BCUT2D eigenvalue weighted by Gasteiger charge is 2.34. The lowest BCUT2D eigenvalue weighted by Gasteiger charge is -2.41. The van der Waals surface area contributed by atoms with Crippen molar-refractivity contribution >= 4 is 48.3 Å². The number of benzene rings is 2. The topological polar surface area (TPSA) is 40.6 Å². The fourth-order valence-electron chi connectivity index (χ4n) is 3.05. The van der Waals surface area contributed by atoms with E-state index in [2.05, 4.69) is 19.6 Å². The van der Waals surface area contributed by atoms with E-state index in [1.54, 1.807) is 19.2 Å². The second kappa shape index (κ2) is 8.50. The highest BCUT2D eigenvalue weighted by atomic mass is 35.5. The van der Waals surface area contributed by atoms with E-state index in [-0.39, 0.29) is 16.5 Å². The largest absolute Gasteiger partial charge is 0.273 e. The smallest absolute Gasteiger partial charge is 0.267 e. The summed E-state index contributed by atoms with van der Waals surface area (Å²) in [6.45, 7) is 12.4. The number of hydrazine groups is 1. The first-order valence-electron chi connectivity index (χ1n) is 9.41. The molecule has 0 unspecified atom stereocenters. The average molecular weight is 451 g/mol. The maximum absolute atomic E-state index is 13.4. The molecule has 2 aromatic carbocycles. The number of hydrogen-bond donors (Lipinski definition) is 0. The molecule has 2 aromatic rings. The van der Waals surface area contributed by atoms with Crippen molar-refractivity contribution < 1.29 is 9.59 Å². The van der Waals surface area contributed by atoms with Gasteiger partial charge in [-0.3, -0.25) is 9.59 Å². The van der Waals surface area contributed by atoms with Gasteiger partial charge < -0.3 is 0 Å². The Morgan fingerprint density at radius 3 is 1.93 bits per heavy atom. The number of carbonyl (C=O) groups excluding carboxylic acids is 2. The second-order valence-corrected chi connectivity index (χ2v) is 15.0. The number of rotatable bonds is 3. The molecule has 0 fully saturated rings. The molecule has 0 aliphatic heterocycles. The Bertz CT molecular complexity index is 916. The number of amides is 2. The number of halogens is 2. The predicted octanol–water partition coefficient (Wildman–Crippen LogP) is 5.47. The van der Waals surface area contributed by atoms with Crippen LogP contribution in [0.15, 0.2) is 42.5 Å². The van der Waals surface area contributed by atoms with Crippen LogP contribution in [0, 0.1) is 0 Å². The molecule has 0 atom stereocenters. The molecule has 0 saturated heterocycles. The third kappa shape index (κ3) is 5.41. The van der Waals surface area contributed by atoms with Crippen LogP contribution in [0.2, 0.25) is 29.7 Å². The summed E-state index contributed by atoms with van der Waals surface area (Å²) < 4.78 is 0. The van der Waals surface area contributed by atoms with E-state index in [0.29, 0.717) is 10.6 Å². The lowest BCUT2D eigenvalue weighted by atomic mass is 10.1. The molecule has 2 amide bonds. The van der Waals surface area contributed by atoms with Crippen LogP contribution in [0.3, 0.4) is 0 Å². The molecule has 29 heavy (non-hydrogen) atoms. The fraction of sp³-hybridized carbons (Fsp3) is 0.364. The molecule has 4 nitrogen and oxygen atoms in total. The Morgan fingerprint density at radius 2 is 1.45 bits per heavy atom. The van der Waals surface area contributed by atoms with Crippen LogP contribution in [-0.4, -0.2) is 42.5 Å². The van der Waals surface area contributed by atoms with Crippen LogP contribution < -0.4 is 5.19 Å². The maximum atomic E-state index is 13.4. The molecule has 0 saturated carbocycles. The van der Waals surface area contributed by atoms with Gasteiger partial charge >= 0.3 is 0 Å². The first-order chi connectivity index (χ1) is 13.2. The quantitative estimate of drug-likeness (QED) is 0.459. The molecule has 156 valence electrons. The Kier molecular flexibility index (Phi) is 6.88. The molecule has 2 rings (SSSR count). The van der Waals surface area contributed by atoms with E-state index in [9.17, 15) is 9.59 Å². The molecule has 0 aromatic heterocycles. The average Bonchev–Trinajstić information content (AvgIpc) is 2.61. The van der Waals surface area contributed by atoms with Crippen molar-refractivity contribution in [3.05, 3.63) is 63.6 Å². The zero-order valence-electron chi connectivity index (χ0n) is 18.0. The third-order valence-corrected chi connectivity index (χ3v) is 7.21. The zero-order valence-corrected chi connectivity index (χ0v) is 20.5. The van der Waals surface area contributed by atoms with Crippen LogP contribution in [0.25, 0.3) is 0 Å². The molecule has 7 heteroatoms. The minimum atomic E-state index is -1.47. The van der Waals surface area contributed by atoms with Crippen LogP contribution in [0.4, 0.5) is 0 Å². The van der Waals surface area contributed by atoms with E-state index < -0.39 is 19.5 Å². The monoisotopic (exact) mass is 450 g/mol. The highest BCUT2D eigenvalue weighted by molar-refractivity contribution is 6.88. The first-order valence-corrected chi connectivity index (χ1v) is 13.7. The Hall–Kier alpha value is -1.82. The third-order valence-electron chi connectivity index (χ3n) is 4.58. The Morgan fingerprint density at radius 1 is 0.897 bits per heavy atom. The van der Waals surface area contributed by atoms with Crippen molar-refractivity contribution in [2.75, 3.05) is 7.05 Å². The molecular weight excluding hydrogens is 423 g/mol. The van der Waals surface area contributed by atoms with E-state index in [4.69, 9.17) is 23.2 Å². The Balaban J connectivity index is 2.42. The summed E-state index contributed by atoms with van der Waals surface area (Å²) in [5, 5.41) is 4.72. The molecule has 0 heterocycles. The van der Waals surface area contributed by atoms with Gasteiger partial charge in [0.15, 0.2) is 0 Å². The van der Waals surface area contributed by atoms with E-state index in [0.717, 1.165) is 0 Å². The van der Waals surface area contributed by atoms with Crippen LogP contribution >= 0.6 is 23.2 Å². The zero-order chi connectivity index (χ0) is 22.1. The van der Waals surface area contributed by atoms with E-state index in [1.807, 2.05) is 45.0 Å². The minimum Gasteiger partial charge on any atom is -0.267 e. The lowest BCUT2D eigenvalue weighted by Crippen LogP contribution is -2.56. The summed E-state index contributed by atoms with van der Waals surface area (Å²) in [5.41, 5.74) is 0.140. The van der Waals surface area contributed by atoms with Crippen molar-refractivity contribution in [1.82, 2.24) is 10.0 Å². The summed E-state index contributed by atoms with van der Waals surface area (Å²) in [7, 11) is 0.102. The van der Waals surface area contributed by atoms with Crippen molar-refractivity contribution in [2.24, 2.45) is 0 Å². The molecule has 0 aliphatic rings. The summed E-state index contributed by atoms with van der Waals surface area (Å²) in [6.07, 6.45) is 0. The van der Waals surface area contributed by atoms with Crippen molar-refractivity contribution in [3.8, 4) is 0 Å². The Labute approximate surface area is 184 Å². The van der Waals surface area contributed by atoms with Gasteiger partial charge in [-0.2, -0.15) is 0 Å². The van der Waals surface area contributed by atoms with Gasteiger partial charge in [-0.05, 0) is 51.1 Å². The maximum Gasteiger partial charge on any atom is 0.273 e. The number of hydrogen-bond acceptors (Lipinski definition) is 2. The molecular formula is C22H28Cl2N2O2Si. The van der Waals surface area contributed by atoms with Gasteiger partial charge in [-0.15, -0.1) is 0 Å². The second-order valence-electron chi connectivity index (χ2n) is 9.07. The van der Waals surface area contributed by atoms with Gasteiger partial charge in [0, 0.05) is 17.6 Å². The summed E-state index contributed by atoms with van der Waals surface area (Å²) in [6, 6.07) is 12.4. The van der Waals surface area contributed by atoms with Gasteiger partial charge in [0.25, 0.3) is 11.8 Å². The van der Waals surface area contributed by atoms with Gasteiger partial charge in [0.05, 0.1) is 24.2 Å². The summed E-state index contributed by atoms with van der Waals surface area (Å²) >= 11 is 12.2. The normalized spacial score (nSPS) is 11.9. The van der Waals surface area contributed by atoms with Crippen molar-refractivity contribution in [1.29, 1.82) is 0 Å². The fourth-order valence-corrected chi connectivity index (χ4v) is 4.59. The van der Waals surface area contributed by atoms with Crippen LogP contribution in [-0.2, 0) is 0 Å². The van der Waals surface area contributed by atoms with Gasteiger partial charge in [-0.1, -0.05) is 60.2 Å². The van der Waals surface area contributed by atoms with Crippen LogP contribution in [0.1, 0.15) is 41.5 Å². The minimum absolute atomic E-state index is 0.248. The van der Waals surface area contributed by atoms with Gasteiger partial charge in [-0.25, -0.2) is 10.0 Å². The van der Waals surface area contributed by atoms with E-state index in [1.165, 1.54) is 21.3 Å². The van der Waals surface area contributed by atoms with Crippen molar-refractivity contribution in [2.45, 2.75) is 46.0 Å². The summed E-state index contributed by atoms with van der Waals surface area (Å²) in [4.78, 5) is 26.5. The predicted molar refractivity (Wildman–Crippen MR) is 124 cm³/mol. The number of carbonyl (C=O) groups is 2. The van der Waals surface area contributed by atoms with Crippen LogP contribution in [0.5, 0.6) is 0 Å².